The predicted molar refractivity (Wildman–Crippen MR) is 61.9 cm³/mol. The van der Waals surface area contributed by atoms with E-state index in [4.69, 9.17) is 26.8 Å². The Labute approximate surface area is 99.5 Å². The Bertz CT molecular complexity index is 441. The molecule has 3 nitrogen and oxygen atoms in total. The monoisotopic (exact) mass is 239 g/mol. The van der Waals surface area contributed by atoms with E-state index in [9.17, 15) is 0 Å². The van der Waals surface area contributed by atoms with Gasteiger partial charge in [0.2, 0.25) is 0 Å². The Morgan fingerprint density at radius 2 is 1.94 bits per heavy atom. The van der Waals surface area contributed by atoms with Crippen molar-refractivity contribution in [1.82, 2.24) is 0 Å². The molecule has 2 N–H and O–H groups in total. The number of nitrogens with two attached hydrogens (primary N) is 1. The molecule has 1 spiro atoms. The molecule has 1 saturated carbocycles. The summed E-state index contributed by atoms with van der Waals surface area (Å²) in [6.45, 7) is 1.91. The first-order valence-electron chi connectivity index (χ1n) is 5.57. The van der Waals surface area contributed by atoms with Crippen molar-refractivity contribution in [2.45, 2.75) is 38.0 Å². The zero-order valence-corrected chi connectivity index (χ0v) is 9.88. The second-order valence-electron chi connectivity index (χ2n) is 4.58. The Hall–Kier alpha value is -0.930. The molecular weight excluding hydrogens is 226 g/mol. The highest BCUT2D eigenvalue weighted by atomic mass is 35.5. The van der Waals surface area contributed by atoms with Crippen LogP contribution in [0.3, 0.4) is 0 Å². The minimum absolute atomic E-state index is 0.0978. The van der Waals surface area contributed by atoms with E-state index in [1.54, 1.807) is 0 Å². The Kier molecular flexibility index (Phi) is 2.10. The van der Waals surface area contributed by atoms with Gasteiger partial charge in [-0.1, -0.05) is 11.6 Å². The third kappa shape index (κ3) is 1.39. The van der Waals surface area contributed by atoms with Crippen molar-refractivity contribution in [2.75, 3.05) is 0 Å². The van der Waals surface area contributed by atoms with E-state index in [2.05, 4.69) is 0 Å². The van der Waals surface area contributed by atoms with Crippen LogP contribution in [0.4, 0.5) is 0 Å². The van der Waals surface area contributed by atoms with Crippen molar-refractivity contribution < 1.29 is 9.47 Å². The quantitative estimate of drug-likeness (QED) is 0.819. The van der Waals surface area contributed by atoms with Crippen LogP contribution < -0.4 is 15.2 Å². The van der Waals surface area contributed by atoms with Gasteiger partial charge in [-0.3, -0.25) is 0 Å². The number of fused-ring (bicyclic) bond motifs is 1. The molecule has 1 aromatic rings. The molecule has 1 aliphatic carbocycles. The molecule has 3 rings (SSSR count). The van der Waals surface area contributed by atoms with Crippen LogP contribution in [0.2, 0.25) is 5.02 Å². The summed E-state index contributed by atoms with van der Waals surface area (Å²) in [7, 11) is 0. The van der Waals surface area contributed by atoms with Crippen LogP contribution in [-0.2, 0) is 0 Å². The maximum atomic E-state index is 6.14. The maximum Gasteiger partial charge on any atom is 0.251 e. The fourth-order valence-electron chi connectivity index (χ4n) is 2.15. The van der Waals surface area contributed by atoms with Crippen LogP contribution in [0.25, 0.3) is 0 Å². The highest BCUT2D eigenvalue weighted by Crippen LogP contribution is 2.49. The molecule has 1 aromatic carbocycles. The highest BCUT2D eigenvalue weighted by Gasteiger charge is 2.47. The van der Waals surface area contributed by atoms with Crippen LogP contribution in [0, 0.1) is 0 Å². The molecule has 0 bridgehead atoms. The summed E-state index contributed by atoms with van der Waals surface area (Å²) in [5.41, 5.74) is 6.75. The first-order chi connectivity index (χ1) is 7.60. The van der Waals surface area contributed by atoms with Crippen molar-refractivity contribution >= 4 is 11.6 Å². The zero-order chi connectivity index (χ0) is 11.3. The van der Waals surface area contributed by atoms with Gasteiger partial charge in [0.05, 0.1) is 0 Å². The van der Waals surface area contributed by atoms with Gasteiger partial charge in [0, 0.05) is 30.0 Å². The molecule has 16 heavy (non-hydrogen) atoms. The lowest BCUT2D eigenvalue weighted by Gasteiger charge is -2.35. The summed E-state index contributed by atoms with van der Waals surface area (Å²) in [6.07, 6.45) is 3.06. The Morgan fingerprint density at radius 1 is 1.31 bits per heavy atom. The number of halogens is 1. The molecule has 1 atom stereocenters. The van der Waals surface area contributed by atoms with Crippen LogP contribution in [0.1, 0.15) is 37.8 Å². The molecule has 0 aromatic heterocycles. The maximum absolute atomic E-state index is 6.14. The summed E-state index contributed by atoms with van der Waals surface area (Å²) in [6, 6.07) is 3.61. The molecule has 1 aliphatic heterocycles. The molecule has 2 aliphatic rings. The third-order valence-electron chi connectivity index (χ3n) is 3.26. The molecule has 4 heteroatoms. The second-order valence-corrected chi connectivity index (χ2v) is 4.98. The number of hydrogen-bond donors (Lipinski definition) is 1. The number of rotatable bonds is 1. The van der Waals surface area contributed by atoms with Crippen molar-refractivity contribution in [1.29, 1.82) is 0 Å². The fraction of sp³-hybridized carbons (Fsp3) is 0.500. The van der Waals surface area contributed by atoms with Gasteiger partial charge in [-0.2, -0.15) is 0 Å². The molecule has 0 amide bonds. The number of ether oxygens (including phenoxy) is 2. The number of benzene rings is 1. The van der Waals surface area contributed by atoms with Gasteiger partial charge in [-0.15, -0.1) is 0 Å². The van der Waals surface area contributed by atoms with Gasteiger partial charge < -0.3 is 15.2 Å². The van der Waals surface area contributed by atoms with Gasteiger partial charge in [-0.25, -0.2) is 0 Å². The predicted octanol–water partition coefficient (Wildman–Crippen LogP) is 3.01. The van der Waals surface area contributed by atoms with E-state index >= 15 is 0 Å². The molecule has 86 valence electrons. The highest BCUT2D eigenvalue weighted by molar-refractivity contribution is 6.31. The van der Waals surface area contributed by atoms with Gasteiger partial charge in [-0.05, 0) is 25.0 Å². The topological polar surface area (TPSA) is 44.5 Å². The van der Waals surface area contributed by atoms with Gasteiger partial charge in [0.15, 0.2) is 11.5 Å². The van der Waals surface area contributed by atoms with E-state index in [-0.39, 0.29) is 6.04 Å². The van der Waals surface area contributed by atoms with E-state index < -0.39 is 5.79 Å². The third-order valence-corrected chi connectivity index (χ3v) is 3.59. The minimum atomic E-state index is -0.401. The fourth-order valence-corrected chi connectivity index (χ4v) is 2.48. The van der Waals surface area contributed by atoms with Crippen molar-refractivity contribution in [3.05, 3.63) is 22.7 Å². The van der Waals surface area contributed by atoms with E-state index in [0.29, 0.717) is 5.02 Å². The molecule has 0 saturated heterocycles. The molecular formula is C12H14ClNO2. The first kappa shape index (κ1) is 10.2. The Balaban J connectivity index is 1.99. The molecule has 1 heterocycles. The summed E-state index contributed by atoms with van der Waals surface area (Å²) >= 11 is 6.14. The summed E-state index contributed by atoms with van der Waals surface area (Å²) in [5, 5.41) is 0.647. The van der Waals surface area contributed by atoms with Gasteiger partial charge in [0.25, 0.3) is 5.79 Å². The summed E-state index contributed by atoms with van der Waals surface area (Å²) in [4.78, 5) is 0. The molecule has 1 unspecified atom stereocenters. The molecule has 1 fully saturated rings. The lowest BCUT2D eigenvalue weighted by atomic mass is 9.91. The van der Waals surface area contributed by atoms with Crippen molar-refractivity contribution in [2.24, 2.45) is 5.73 Å². The minimum Gasteiger partial charge on any atom is -0.448 e. The summed E-state index contributed by atoms with van der Waals surface area (Å²) in [5.74, 6) is 1.12. The first-order valence-corrected chi connectivity index (χ1v) is 5.94. The largest absolute Gasteiger partial charge is 0.448 e. The van der Waals surface area contributed by atoms with Crippen molar-refractivity contribution in [3.8, 4) is 11.5 Å². The van der Waals surface area contributed by atoms with E-state index in [1.807, 2.05) is 19.1 Å². The van der Waals surface area contributed by atoms with Gasteiger partial charge in [0.1, 0.15) is 0 Å². The van der Waals surface area contributed by atoms with Crippen LogP contribution >= 0.6 is 11.6 Å². The van der Waals surface area contributed by atoms with Crippen LogP contribution in [-0.4, -0.2) is 5.79 Å². The lowest BCUT2D eigenvalue weighted by Crippen LogP contribution is -2.45. The SMILES string of the molecule is CC(N)c1cc2c(cc1Cl)OC1(CCC1)O2. The van der Waals surface area contributed by atoms with Crippen LogP contribution in [0.15, 0.2) is 12.1 Å². The Morgan fingerprint density at radius 3 is 2.44 bits per heavy atom. The number of hydrogen-bond acceptors (Lipinski definition) is 3. The van der Waals surface area contributed by atoms with Crippen LogP contribution in [0.5, 0.6) is 11.5 Å². The average Bonchev–Trinajstić information content (AvgIpc) is 2.54. The molecule has 0 radical (unpaired) electrons. The van der Waals surface area contributed by atoms with E-state index in [1.165, 1.54) is 0 Å². The smallest absolute Gasteiger partial charge is 0.251 e. The normalized spacial score (nSPS) is 21.9. The average molecular weight is 240 g/mol. The van der Waals surface area contributed by atoms with E-state index in [0.717, 1.165) is 36.3 Å². The standard InChI is InChI=1S/C12H14ClNO2/c1-7(14)8-5-10-11(6-9(8)13)16-12(15-10)3-2-4-12/h5-7H,2-4,14H2,1H3. The van der Waals surface area contributed by atoms with Gasteiger partial charge >= 0.3 is 0 Å². The zero-order valence-electron chi connectivity index (χ0n) is 9.13. The lowest BCUT2D eigenvalue weighted by molar-refractivity contribution is -0.138. The second kappa shape index (κ2) is 3.28. The van der Waals surface area contributed by atoms with Crippen molar-refractivity contribution in [3.63, 3.8) is 0 Å². The summed E-state index contributed by atoms with van der Waals surface area (Å²) < 4.78 is 11.6.